The monoisotopic (exact) mass is 482 g/mol. The van der Waals surface area contributed by atoms with E-state index in [0.717, 1.165) is 28.0 Å². The van der Waals surface area contributed by atoms with Gasteiger partial charge in [-0.05, 0) is 79.0 Å². The Morgan fingerprint density at radius 1 is 0.826 bits per heavy atom. The van der Waals surface area contributed by atoms with Crippen molar-refractivity contribution in [2.24, 2.45) is 0 Å². The molecule has 3 aromatic rings. The van der Waals surface area contributed by atoms with Crippen molar-refractivity contribution in [2.45, 2.75) is 0 Å². The Hall–Kier alpha value is -1.40. The molecule has 116 valence electrons. The van der Waals surface area contributed by atoms with E-state index >= 15 is 0 Å². The number of halogens is 3. The highest BCUT2D eigenvalue weighted by Gasteiger charge is 2.11. The molecule has 1 nitrogen and oxygen atoms in total. The first kappa shape index (κ1) is 16.5. The van der Waals surface area contributed by atoms with Gasteiger partial charge in [0.15, 0.2) is 5.82 Å². The van der Waals surface area contributed by atoms with Crippen LogP contribution >= 0.6 is 38.5 Å². The Labute approximate surface area is 156 Å². The van der Waals surface area contributed by atoms with Crippen molar-refractivity contribution < 1.29 is 9.13 Å². The summed E-state index contributed by atoms with van der Waals surface area (Å²) in [6.45, 7) is 0. The molecule has 0 aliphatic carbocycles. The van der Waals surface area contributed by atoms with E-state index in [9.17, 15) is 4.39 Å². The zero-order valence-electron chi connectivity index (χ0n) is 12.3. The number of methoxy groups -OCH3 is 1. The summed E-state index contributed by atoms with van der Waals surface area (Å²) in [6, 6.07) is 19.7. The molecule has 3 aromatic carbocycles. The van der Waals surface area contributed by atoms with E-state index in [1.165, 1.54) is 0 Å². The van der Waals surface area contributed by atoms with Crippen LogP contribution in [0.25, 0.3) is 22.3 Å². The van der Waals surface area contributed by atoms with Gasteiger partial charge in [-0.25, -0.2) is 4.39 Å². The normalized spacial score (nSPS) is 10.6. The summed E-state index contributed by atoms with van der Waals surface area (Å²) in [5.74, 6) is 0.618. The number of hydrogen-bond donors (Lipinski definition) is 0. The van der Waals surface area contributed by atoms with Crippen LogP contribution in [-0.4, -0.2) is 7.11 Å². The maximum absolute atomic E-state index is 14.0. The highest BCUT2D eigenvalue weighted by Crippen LogP contribution is 2.32. The van der Waals surface area contributed by atoms with Crippen LogP contribution in [0.2, 0.25) is 0 Å². The topological polar surface area (TPSA) is 9.23 Å². The maximum atomic E-state index is 14.0. The number of ether oxygens (including phenoxy) is 1. The molecule has 23 heavy (non-hydrogen) atoms. The van der Waals surface area contributed by atoms with Crippen molar-refractivity contribution in [1.82, 2.24) is 0 Å². The summed E-state index contributed by atoms with van der Waals surface area (Å²) < 4.78 is 20.3. The summed E-state index contributed by atoms with van der Waals surface area (Å²) in [6.07, 6.45) is 0. The fraction of sp³-hybridized carbons (Fsp3) is 0.0526. The summed E-state index contributed by atoms with van der Waals surface area (Å²) in [4.78, 5) is 0. The Balaban J connectivity index is 1.94. The quantitative estimate of drug-likeness (QED) is 0.304. The summed E-state index contributed by atoms with van der Waals surface area (Å²) in [5, 5.41) is 0. The molecule has 0 radical (unpaired) electrons. The lowest BCUT2D eigenvalue weighted by Gasteiger charge is -2.09. The largest absolute Gasteiger partial charge is 0.497 e. The van der Waals surface area contributed by atoms with E-state index in [-0.39, 0.29) is 5.82 Å². The average Bonchev–Trinajstić information content (AvgIpc) is 2.60. The van der Waals surface area contributed by atoms with Gasteiger partial charge < -0.3 is 4.74 Å². The van der Waals surface area contributed by atoms with Crippen LogP contribution < -0.4 is 4.74 Å². The Bertz CT molecular complexity index is 829. The fourth-order valence-electron chi connectivity index (χ4n) is 2.37. The van der Waals surface area contributed by atoms with Gasteiger partial charge in [-0.3, -0.25) is 0 Å². The standard InChI is InChI=1S/C19H13BrFIO/c1-23-15-8-6-13(7-9-15)12-2-4-14(5-3-12)16-10-11-17(20)18(21)19(16)22/h2-11H,1H3. The van der Waals surface area contributed by atoms with E-state index in [4.69, 9.17) is 4.74 Å². The van der Waals surface area contributed by atoms with Crippen LogP contribution in [0.1, 0.15) is 0 Å². The Kier molecular flexibility index (Phi) is 5.02. The maximum Gasteiger partial charge on any atom is 0.151 e. The lowest BCUT2D eigenvalue weighted by atomic mass is 10.0. The Morgan fingerprint density at radius 2 is 1.35 bits per heavy atom. The Morgan fingerprint density at radius 3 is 1.91 bits per heavy atom. The minimum absolute atomic E-state index is 0.220. The van der Waals surface area contributed by atoms with Gasteiger partial charge in [-0.2, -0.15) is 0 Å². The van der Waals surface area contributed by atoms with Crippen molar-refractivity contribution in [3.8, 4) is 28.0 Å². The molecular formula is C19H13BrFIO. The van der Waals surface area contributed by atoms with Crippen molar-refractivity contribution in [3.63, 3.8) is 0 Å². The molecule has 4 heteroatoms. The summed E-state index contributed by atoms with van der Waals surface area (Å²) in [5.41, 5.74) is 4.13. The van der Waals surface area contributed by atoms with Crippen LogP contribution in [0.4, 0.5) is 4.39 Å². The first-order chi connectivity index (χ1) is 11.1. The van der Waals surface area contributed by atoms with Crippen molar-refractivity contribution in [2.75, 3.05) is 7.11 Å². The van der Waals surface area contributed by atoms with E-state index in [2.05, 4.69) is 15.9 Å². The molecule has 0 aromatic heterocycles. The second-order valence-corrected chi connectivity index (χ2v) is 6.96. The highest BCUT2D eigenvalue weighted by atomic mass is 127. The van der Waals surface area contributed by atoms with Crippen LogP contribution in [-0.2, 0) is 0 Å². The van der Waals surface area contributed by atoms with Crippen molar-refractivity contribution >= 4 is 38.5 Å². The number of rotatable bonds is 3. The SMILES string of the molecule is COc1ccc(-c2ccc(-c3ccc(Br)c(F)c3I)cc2)cc1. The summed E-state index contributed by atoms with van der Waals surface area (Å²) in [7, 11) is 1.66. The van der Waals surface area contributed by atoms with Crippen molar-refractivity contribution in [1.29, 1.82) is 0 Å². The predicted octanol–water partition coefficient (Wildman–Crippen LogP) is 6.54. The van der Waals surface area contributed by atoms with Gasteiger partial charge in [0.2, 0.25) is 0 Å². The van der Waals surface area contributed by atoms with Gasteiger partial charge in [0, 0.05) is 0 Å². The molecule has 0 spiro atoms. The predicted molar refractivity (Wildman–Crippen MR) is 104 cm³/mol. The highest BCUT2D eigenvalue weighted by molar-refractivity contribution is 14.1. The van der Waals surface area contributed by atoms with E-state index in [1.807, 2.05) is 77.2 Å². The molecule has 0 fully saturated rings. The van der Waals surface area contributed by atoms with Gasteiger partial charge in [0.1, 0.15) is 5.75 Å². The van der Waals surface area contributed by atoms with Crippen molar-refractivity contribution in [3.05, 3.63) is 74.5 Å². The van der Waals surface area contributed by atoms with Crippen LogP contribution in [0, 0.1) is 9.39 Å². The molecule has 3 rings (SSSR count). The third-order valence-corrected chi connectivity index (χ3v) is 5.32. The average molecular weight is 483 g/mol. The number of hydrogen-bond acceptors (Lipinski definition) is 1. The van der Waals surface area contributed by atoms with Crippen LogP contribution in [0.3, 0.4) is 0 Å². The smallest absolute Gasteiger partial charge is 0.151 e. The second-order valence-electron chi connectivity index (χ2n) is 5.03. The lowest BCUT2D eigenvalue weighted by Crippen LogP contribution is -1.89. The van der Waals surface area contributed by atoms with Gasteiger partial charge in [-0.15, -0.1) is 0 Å². The molecule has 0 amide bonds. The molecule has 0 aliphatic rings. The zero-order valence-corrected chi connectivity index (χ0v) is 16.1. The first-order valence-electron chi connectivity index (χ1n) is 6.98. The third-order valence-electron chi connectivity index (χ3n) is 3.65. The van der Waals surface area contributed by atoms with Gasteiger partial charge in [-0.1, -0.05) is 42.5 Å². The van der Waals surface area contributed by atoms with Crippen LogP contribution in [0.15, 0.2) is 65.1 Å². The lowest BCUT2D eigenvalue weighted by molar-refractivity contribution is 0.415. The van der Waals surface area contributed by atoms with E-state index < -0.39 is 0 Å². The molecule has 0 atom stereocenters. The third kappa shape index (κ3) is 3.43. The molecule has 0 saturated carbocycles. The zero-order chi connectivity index (χ0) is 16.4. The van der Waals surface area contributed by atoms with E-state index in [1.54, 1.807) is 13.2 Å². The van der Waals surface area contributed by atoms with Gasteiger partial charge >= 0.3 is 0 Å². The fourth-order valence-corrected chi connectivity index (χ4v) is 3.86. The summed E-state index contributed by atoms with van der Waals surface area (Å²) >= 11 is 5.26. The number of benzene rings is 3. The van der Waals surface area contributed by atoms with Gasteiger partial charge in [0.25, 0.3) is 0 Å². The minimum atomic E-state index is -0.220. The van der Waals surface area contributed by atoms with Gasteiger partial charge in [0.05, 0.1) is 15.2 Å². The molecule has 0 unspecified atom stereocenters. The second kappa shape index (κ2) is 7.01. The molecule has 0 heterocycles. The first-order valence-corrected chi connectivity index (χ1v) is 8.85. The van der Waals surface area contributed by atoms with Crippen LogP contribution in [0.5, 0.6) is 5.75 Å². The minimum Gasteiger partial charge on any atom is -0.497 e. The molecule has 0 N–H and O–H groups in total. The van der Waals surface area contributed by atoms with E-state index in [0.29, 0.717) is 8.04 Å². The molecule has 0 bridgehead atoms. The molecule has 0 saturated heterocycles. The molecule has 0 aliphatic heterocycles. The molecular weight excluding hydrogens is 470 g/mol.